The van der Waals surface area contributed by atoms with Gasteiger partial charge in [0.15, 0.2) is 11.5 Å². The normalized spacial score (nSPS) is 17.7. The Hall–Kier alpha value is -1.58. The van der Waals surface area contributed by atoms with E-state index in [4.69, 9.17) is 18.9 Å². The maximum Gasteiger partial charge on any atom is 0.208 e. The molecule has 1 aromatic carbocycles. The van der Waals surface area contributed by atoms with E-state index < -0.39 is 0 Å². The molecule has 0 aliphatic carbocycles. The minimum Gasteiger partial charge on any atom is -0.486 e. The second kappa shape index (κ2) is 2.97. The van der Waals surface area contributed by atoms with Crippen LogP contribution in [0.2, 0.25) is 0 Å². The molecule has 1 aromatic rings. The van der Waals surface area contributed by atoms with Gasteiger partial charge in [0.05, 0.1) is 0 Å². The summed E-state index contributed by atoms with van der Waals surface area (Å²) in [4.78, 5) is 0. The van der Waals surface area contributed by atoms with E-state index in [1.165, 1.54) is 0 Å². The van der Waals surface area contributed by atoms with Crippen LogP contribution in [-0.2, 0) is 0 Å². The summed E-state index contributed by atoms with van der Waals surface area (Å²) >= 11 is 0. The summed E-state index contributed by atoms with van der Waals surface area (Å²) in [7, 11) is 0. The molecule has 0 saturated heterocycles. The number of rotatable bonds is 0. The van der Waals surface area contributed by atoms with Crippen LogP contribution in [0.4, 0.5) is 0 Å². The highest BCUT2D eigenvalue weighted by Gasteiger charge is 2.24. The summed E-state index contributed by atoms with van der Waals surface area (Å²) in [5.41, 5.74) is 0. The van der Waals surface area contributed by atoms with Crippen molar-refractivity contribution in [2.75, 3.05) is 26.4 Å². The first-order valence-corrected chi connectivity index (χ1v) is 4.55. The summed E-state index contributed by atoms with van der Waals surface area (Å²) in [6, 6.07) is 4.69. The van der Waals surface area contributed by atoms with Gasteiger partial charge >= 0.3 is 0 Å². The third-order valence-electron chi connectivity index (χ3n) is 2.13. The molecule has 73 valence electrons. The fourth-order valence-electron chi connectivity index (χ4n) is 1.54. The largest absolute Gasteiger partial charge is 0.486 e. The molecule has 3 rings (SSSR count). The van der Waals surface area contributed by atoms with Crippen LogP contribution in [0, 0.1) is 6.07 Å². The Balaban J connectivity index is 2.17. The Morgan fingerprint density at radius 1 is 0.857 bits per heavy atom. The van der Waals surface area contributed by atoms with Gasteiger partial charge in [-0.05, 0) is 6.07 Å². The van der Waals surface area contributed by atoms with E-state index in [-0.39, 0.29) is 0 Å². The van der Waals surface area contributed by atoms with Crippen molar-refractivity contribution in [1.82, 2.24) is 0 Å². The zero-order valence-corrected chi connectivity index (χ0v) is 7.54. The monoisotopic (exact) mass is 193 g/mol. The predicted molar refractivity (Wildman–Crippen MR) is 47.3 cm³/mol. The molecule has 2 bridgehead atoms. The van der Waals surface area contributed by atoms with E-state index in [1.807, 2.05) is 0 Å². The third-order valence-corrected chi connectivity index (χ3v) is 2.13. The van der Waals surface area contributed by atoms with Gasteiger partial charge < -0.3 is 18.9 Å². The minimum atomic E-state index is 0.514. The Kier molecular flexibility index (Phi) is 1.65. The highest BCUT2D eigenvalue weighted by molar-refractivity contribution is 5.59. The summed E-state index contributed by atoms with van der Waals surface area (Å²) in [6.45, 7) is 2.13. The van der Waals surface area contributed by atoms with Crippen molar-refractivity contribution in [1.29, 1.82) is 0 Å². The Bertz CT molecular complexity index is 326. The molecule has 0 fully saturated rings. The van der Waals surface area contributed by atoms with Crippen molar-refractivity contribution in [3.8, 4) is 23.0 Å². The van der Waals surface area contributed by atoms with Gasteiger partial charge in [-0.25, -0.2) is 0 Å². The molecule has 0 N–H and O–H groups in total. The van der Waals surface area contributed by atoms with E-state index in [2.05, 4.69) is 6.07 Å². The van der Waals surface area contributed by atoms with Crippen LogP contribution >= 0.6 is 0 Å². The smallest absolute Gasteiger partial charge is 0.208 e. The second-order valence-corrected chi connectivity index (χ2v) is 3.03. The van der Waals surface area contributed by atoms with Crippen molar-refractivity contribution < 1.29 is 18.9 Å². The number of benzene rings is 1. The highest BCUT2D eigenvalue weighted by Crippen LogP contribution is 2.46. The number of ether oxygens (including phenoxy) is 4. The van der Waals surface area contributed by atoms with Gasteiger partial charge in [0.25, 0.3) is 0 Å². The average molecular weight is 193 g/mol. The molecule has 2 aliphatic heterocycles. The molecule has 4 heteroatoms. The van der Waals surface area contributed by atoms with Crippen molar-refractivity contribution >= 4 is 0 Å². The minimum absolute atomic E-state index is 0.514. The first-order valence-electron chi connectivity index (χ1n) is 4.55. The quantitative estimate of drug-likeness (QED) is 0.616. The SMILES string of the molecule is [c]1cc2c3c(c1OCCO2)OCCO3. The van der Waals surface area contributed by atoms with E-state index in [1.54, 1.807) is 6.07 Å². The van der Waals surface area contributed by atoms with Crippen LogP contribution in [0.3, 0.4) is 0 Å². The second-order valence-electron chi connectivity index (χ2n) is 3.03. The average Bonchev–Trinajstić information content (AvgIpc) is 2.18. The predicted octanol–water partition coefficient (Wildman–Crippen LogP) is 1.03. The Morgan fingerprint density at radius 3 is 2.50 bits per heavy atom. The zero-order valence-electron chi connectivity index (χ0n) is 7.54. The van der Waals surface area contributed by atoms with Gasteiger partial charge in [-0.3, -0.25) is 0 Å². The molecule has 14 heavy (non-hydrogen) atoms. The van der Waals surface area contributed by atoms with Gasteiger partial charge in [-0.15, -0.1) is 0 Å². The zero-order chi connectivity index (χ0) is 9.38. The van der Waals surface area contributed by atoms with Crippen LogP contribution in [-0.4, -0.2) is 26.4 Å². The van der Waals surface area contributed by atoms with Crippen molar-refractivity contribution in [2.45, 2.75) is 0 Å². The molecule has 0 saturated carbocycles. The summed E-state index contributed by atoms with van der Waals surface area (Å²) < 4.78 is 21.8. The van der Waals surface area contributed by atoms with Crippen LogP contribution in [0.5, 0.6) is 23.0 Å². The lowest BCUT2D eigenvalue weighted by atomic mass is 10.2. The number of hydrogen-bond donors (Lipinski definition) is 0. The fourth-order valence-corrected chi connectivity index (χ4v) is 1.54. The highest BCUT2D eigenvalue weighted by atomic mass is 16.6. The van der Waals surface area contributed by atoms with E-state index >= 15 is 0 Å². The lowest BCUT2D eigenvalue weighted by Crippen LogP contribution is -2.20. The van der Waals surface area contributed by atoms with E-state index in [0.717, 1.165) is 0 Å². The lowest BCUT2D eigenvalue weighted by molar-refractivity contribution is 0.133. The molecular formula is C10H9O4. The fraction of sp³-hybridized carbons (Fsp3) is 0.400. The molecule has 4 nitrogen and oxygen atoms in total. The van der Waals surface area contributed by atoms with Gasteiger partial charge in [0.1, 0.15) is 26.4 Å². The first kappa shape index (κ1) is 7.79. The summed E-state index contributed by atoms with van der Waals surface area (Å²) in [6.07, 6.45) is 0. The standard InChI is InChI=1S/C10H9O4/c1-2-8-10-9(13-5-6-14-10)7(1)11-3-4-12-8/h1H,3-6H2. The van der Waals surface area contributed by atoms with Crippen LogP contribution < -0.4 is 18.9 Å². The van der Waals surface area contributed by atoms with Crippen molar-refractivity contribution in [2.24, 2.45) is 0 Å². The van der Waals surface area contributed by atoms with E-state index in [0.29, 0.717) is 49.4 Å². The van der Waals surface area contributed by atoms with E-state index in [9.17, 15) is 0 Å². The molecule has 0 atom stereocenters. The first-order chi connectivity index (χ1) is 6.95. The molecule has 2 aliphatic rings. The lowest BCUT2D eigenvalue weighted by Gasteiger charge is -2.25. The topological polar surface area (TPSA) is 36.9 Å². The summed E-state index contributed by atoms with van der Waals surface area (Å²) in [5, 5.41) is 0. The third kappa shape index (κ3) is 1.07. The molecule has 1 radical (unpaired) electrons. The van der Waals surface area contributed by atoms with Crippen LogP contribution in [0.25, 0.3) is 0 Å². The van der Waals surface area contributed by atoms with Gasteiger partial charge in [0, 0.05) is 6.07 Å². The van der Waals surface area contributed by atoms with Gasteiger partial charge in [-0.2, -0.15) is 0 Å². The maximum atomic E-state index is 5.47. The molecular weight excluding hydrogens is 184 g/mol. The maximum absolute atomic E-state index is 5.47. The van der Waals surface area contributed by atoms with Crippen LogP contribution in [0.1, 0.15) is 0 Å². The summed E-state index contributed by atoms with van der Waals surface area (Å²) in [5.74, 6) is 2.57. The van der Waals surface area contributed by atoms with Crippen molar-refractivity contribution in [3.63, 3.8) is 0 Å². The molecule has 0 amide bonds. The molecule has 0 aromatic heterocycles. The van der Waals surface area contributed by atoms with Gasteiger partial charge in [0.2, 0.25) is 11.5 Å². The molecule has 0 spiro atoms. The van der Waals surface area contributed by atoms with Crippen LogP contribution in [0.15, 0.2) is 6.07 Å². The Labute approximate surface area is 81.3 Å². The molecule has 2 heterocycles. The molecule has 0 unspecified atom stereocenters. The van der Waals surface area contributed by atoms with Crippen molar-refractivity contribution in [3.05, 3.63) is 12.1 Å². The Morgan fingerprint density at radius 2 is 1.57 bits per heavy atom. The number of hydrogen-bond acceptors (Lipinski definition) is 4. The van der Waals surface area contributed by atoms with Gasteiger partial charge in [-0.1, -0.05) is 0 Å².